The highest BCUT2D eigenvalue weighted by atomic mass is 16.5. The summed E-state index contributed by atoms with van der Waals surface area (Å²) in [5.41, 5.74) is 7.53. The van der Waals surface area contributed by atoms with Gasteiger partial charge in [0.1, 0.15) is 0 Å². The van der Waals surface area contributed by atoms with Crippen LogP contribution in [0.5, 0.6) is 0 Å². The highest BCUT2D eigenvalue weighted by Gasteiger charge is 2.13. The molecule has 0 heterocycles. The van der Waals surface area contributed by atoms with Crippen molar-refractivity contribution in [2.45, 2.75) is 119 Å². The molecule has 0 aliphatic heterocycles. The Balaban J connectivity index is 4.57. The molecular weight excluding hydrogens is 536 g/mol. The van der Waals surface area contributed by atoms with Crippen molar-refractivity contribution < 1.29 is 9.47 Å². The van der Waals surface area contributed by atoms with E-state index in [0.29, 0.717) is 0 Å². The third-order valence-electron chi connectivity index (χ3n) is 7.37. The van der Waals surface area contributed by atoms with Gasteiger partial charge in [0, 0.05) is 14.2 Å². The van der Waals surface area contributed by atoms with Gasteiger partial charge in [0.05, 0.1) is 11.2 Å². The Hall–Kier alpha value is -2.94. The maximum absolute atomic E-state index is 5.47. The number of hydrogen-bond donors (Lipinski definition) is 0. The van der Waals surface area contributed by atoms with Gasteiger partial charge in [-0.15, -0.1) is 0 Å². The van der Waals surface area contributed by atoms with Gasteiger partial charge in [-0.2, -0.15) is 0 Å². The first kappa shape index (κ1) is 41.1. The normalized spacial score (nSPS) is 15.9. The Kier molecular flexibility index (Phi) is 21.9. The Morgan fingerprint density at radius 1 is 0.477 bits per heavy atom. The van der Waals surface area contributed by atoms with E-state index < -0.39 is 0 Å². The second-order valence-corrected chi connectivity index (χ2v) is 13.0. The van der Waals surface area contributed by atoms with Crippen LogP contribution in [0.25, 0.3) is 0 Å². The zero-order valence-electron chi connectivity index (χ0n) is 30.3. The number of hydrogen-bond acceptors (Lipinski definition) is 2. The number of ether oxygens (including phenoxy) is 2. The van der Waals surface area contributed by atoms with Gasteiger partial charge in [-0.05, 0) is 108 Å². The van der Waals surface area contributed by atoms with Crippen LogP contribution in [0.4, 0.5) is 0 Å². The SMILES string of the molecule is COC(C)(C)C/C=C/C(C)=C/C=C/C(C)=C/C=C/C(C)=C/CC/C=C(C)/C=C/C=C(\C)CC/C=C(C)/C=C/CC(C)(C)OC. The van der Waals surface area contributed by atoms with Crippen LogP contribution in [0.1, 0.15) is 108 Å². The summed E-state index contributed by atoms with van der Waals surface area (Å²) in [5, 5.41) is 0. The molecule has 0 rings (SSSR count). The van der Waals surface area contributed by atoms with Crippen LogP contribution in [0, 0.1) is 0 Å². The summed E-state index contributed by atoms with van der Waals surface area (Å²) >= 11 is 0. The summed E-state index contributed by atoms with van der Waals surface area (Å²) < 4.78 is 10.9. The van der Waals surface area contributed by atoms with Crippen LogP contribution in [0.2, 0.25) is 0 Å². The van der Waals surface area contributed by atoms with Crippen molar-refractivity contribution in [3.63, 3.8) is 0 Å². The zero-order chi connectivity index (χ0) is 33.4. The van der Waals surface area contributed by atoms with E-state index in [1.807, 2.05) is 0 Å². The van der Waals surface area contributed by atoms with Crippen LogP contribution < -0.4 is 0 Å². The number of methoxy groups -OCH3 is 2. The highest BCUT2D eigenvalue weighted by molar-refractivity contribution is 5.30. The van der Waals surface area contributed by atoms with E-state index in [0.717, 1.165) is 38.5 Å². The smallest absolute Gasteiger partial charge is 0.0657 e. The summed E-state index contributed by atoms with van der Waals surface area (Å²) in [6, 6.07) is 0. The molecule has 0 aromatic heterocycles. The van der Waals surface area contributed by atoms with E-state index in [9.17, 15) is 0 Å². The molecule has 44 heavy (non-hydrogen) atoms. The highest BCUT2D eigenvalue weighted by Crippen LogP contribution is 2.16. The van der Waals surface area contributed by atoms with Crippen LogP contribution >= 0.6 is 0 Å². The topological polar surface area (TPSA) is 18.5 Å². The first-order valence-corrected chi connectivity index (χ1v) is 16.2. The number of unbranched alkanes of at least 4 members (excludes halogenated alkanes) is 1. The van der Waals surface area contributed by atoms with Crippen molar-refractivity contribution in [1.82, 2.24) is 0 Å². The minimum absolute atomic E-state index is 0.101. The van der Waals surface area contributed by atoms with E-state index in [2.05, 4.69) is 166 Å². The molecule has 244 valence electrons. The Morgan fingerprint density at radius 2 is 0.841 bits per heavy atom. The Labute approximate surface area is 272 Å². The van der Waals surface area contributed by atoms with E-state index >= 15 is 0 Å². The second kappa shape index (κ2) is 23.4. The Bertz CT molecular complexity index is 1160. The first-order valence-electron chi connectivity index (χ1n) is 16.2. The average molecular weight is 601 g/mol. The molecule has 0 spiro atoms. The molecule has 0 radical (unpaired) electrons. The van der Waals surface area contributed by atoms with Gasteiger partial charge in [-0.3, -0.25) is 0 Å². The molecule has 0 aliphatic rings. The molecule has 0 saturated heterocycles. The van der Waals surface area contributed by atoms with Crippen LogP contribution in [0.3, 0.4) is 0 Å². The van der Waals surface area contributed by atoms with Gasteiger partial charge < -0.3 is 9.47 Å². The van der Waals surface area contributed by atoms with Crippen LogP contribution in [0.15, 0.2) is 131 Å². The quantitative estimate of drug-likeness (QED) is 0.102. The van der Waals surface area contributed by atoms with Gasteiger partial charge >= 0.3 is 0 Å². The van der Waals surface area contributed by atoms with Gasteiger partial charge in [0.15, 0.2) is 0 Å². The second-order valence-electron chi connectivity index (χ2n) is 13.0. The molecule has 0 fully saturated rings. The zero-order valence-corrected chi connectivity index (χ0v) is 30.3. The Morgan fingerprint density at radius 3 is 1.32 bits per heavy atom. The third kappa shape index (κ3) is 24.5. The molecular formula is C42H64O2. The minimum Gasteiger partial charge on any atom is -0.378 e. The van der Waals surface area contributed by atoms with Crippen LogP contribution in [-0.4, -0.2) is 25.4 Å². The number of allylic oxidation sites excluding steroid dienone is 20. The monoisotopic (exact) mass is 600 g/mol. The maximum Gasteiger partial charge on any atom is 0.0657 e. The van der Waals surface area contributed by atoms with Crippen molar-refractivity contribution in [2.24, 2.45) is 0 Å². The third-order valence-corrected chi connectivity index (χ3v) is 7.37. The summed E-state index contributed by atoms with van der Waals surface area (Å²) in [5.74, 6) is 0. The fourth-order valence-corrected chi connectivity index (χ4v) is 3.84. The van der Waals surface area contributed by atoms with Gasteiger partial charge in [-0.25, -0.2) is 0 Å². The van der Waals surface area contributed by atoms with Gasteiger partial charge in [0.2, 0.25) is 0 Å². The lowest BCUT2D eigenvalue weighted by Crippen LogP contribution is -2.20. The lowest BCUT2D eigenvalue weighted by atomic mass is 10.0. The van der Waals surface area contributed by atoms with E-state index in [-0.39, 0.29) is 11.2 Å². The summed E-state index contributed by atoms with van der Waals surface area (Å²) in [6.07, 6.45) is 41.1. The maximum atomic E-state index is 5.47. The largest absolute Gasteiger partial charge is 0.378 e. The van der Waals surface area contributed by atoms with Crippen molar-refractivity contribution >= 4 is 0 Å². The predicted molar refractivity (Wildman–Crippen MR) is 198 cm³/mol. The van der Waals surface area contributed by atoms with Crippen molar-refractivity contribution in [1.29, 1.82) is 0 Å². The molecule has 0 bridgehead atoms. The fourth-order valence-electron chi connectivity index (χ4n) is 3.84. The first-order chi connectivity index (χ1) is 20.7. The fraction of sp³-hybridized carbons (Fsp3) is 0.476. The van der Waals surface area contributed by atoms with Crippen molar-refractivity contribution in [3.8, 4) is 0 Å². The molecule has 0 unspecified atom stereocenters. The minimum atomic E-state index is -0.117. The van der Waals surface area contributed by atoms with Crippen molar-refractivity contribution in [2.75, 3.05) is 14.2 Å². The van der Waals surface area contributed by atoms with E-state index in [1.54, 1.807) is 14.2 Å². The lowest BCUT2D eigenvalue weighted by molar-refractivity contribution is 0.0252. The molecule has 0 aromatic carbocycles. The molecule has 0 atom stereocenters. The average Bonchev–Trinajstić information content (AvgIpc) is 2.95. The van der Waals surface area contributed by atoms with Gasteiger partial charge in [-0.1, -0.05) is 131 Å². The summed E-state index contributed by atoms with van der Waals surface area (Å²) in [6.45, 7) is 21.4. The predicted octanol–water partition coefficient (Wildman–Crippen LogP) is 12.6. The molecule has 0 aromatic rings. The molecule has 0 amide bonds. The molecule has 0 N–H and O–H groups in total. The van der Waals surface area contributed by atoms with Crippen LogP contribution in [-0.2, 0) is 9.47 Å². The molecule has 2 nitrogen and oxygen atoms in total. The summed E-state index contributed by atoms with van der Waals surface area (Å²) in [7, 11) is 3.52. The van der Waals surface area contributed by atoms with Gasteiger partial charge in [0.25, 0.3) is 0 Å². The molecule has 2 heteroatoms. The van der Waals surface area contributed by atoms with E-state index in [1.165, 1.54) is 33.4 Å². The standard InChI is InChI=1S/C42H64O2/c1-35(23-15-25-37(3)27-17-29-39(5)31-19-33-41(7,8)43-11)21-13-14-22-36(2)24-16-26-38(4)28-18-30-40(6)32-20-34-42(9,10)44-12/h15-17,19-27,29-32H,13-14,18,28,33-34H2,1-12H3/b23-15+,24-16+,27-17+,31-19+,32-20+,35-21+,36-22+,37-25+,38-26+,39-29+,40-30+. The summed E-state index contributed by atoms with van der Waals surface area (Å²) in [4.78, 5) is 0. The van der Waals surface area contributed by atoms with E-state index in [4.69, 9.17) is 9.47 Å². The lowest BCUT2D eigenvalue weighted by Gasteiger charge is -2.20. The molecule has 0 aliphatic carbocycles. The number of rotatable bonds is 20. The molecule has 0 saturated carbocycles. The van der Waals surface area contributed by atoms with Crippen molar-refractivity contribution in [3.05, 3.63) is 131 Å².